The summed E-state index contributed by atoms with van der Waals surface area (Å²) in [5.41, 5.74) is 9.24. The Hall–Kier alpha value is -2.37. The lowest BCUT2D eigenvalue weighted by molar-refractivity contribution is 0.100. The van der Waals surface area contributed by atoms with Crippen molar-refractivity contribution in [3.63, 3.8) is 0 Å². The first-order chi connectivity index (χ1) is 10.0. The van der Waals surface area contributed by atoms with Crippen molar-refractivity contribution in [2.75, 3.05) is 11.9 Å². The molecule has 0 unspecified atom stereocenters. The molecule has 2 aromatic rings. The van der Waals surface area contributed by atoms with Gasteiger partial charge in [-0.25, -0.2) is 4.98 Å². The highest BCUT2D eigenvalue weighted by molar-refractivity contribution is 5.97. The Labute approximate surface area is 124 Å². The number of anilines is 1. The molecule has 0 aliphatic carbocycles. The van der Waals surface area contributed by atoms with Crippen LogP contribution in [0.1, 0.15) is 33.7 Å². The number of nitrogens with two attached hydrogens (primary N) is 1. The summed E-state index contributed by atoms with van der Waals surface area (Å²) in [6, 6.07) is 3.37. The van der Waals surface area contributed by atoms with Crippen LogP contribution in [0.5, 0.6) is 0 Å². The Balaban J connectivity index is 1.91. The van der Waals surface area contributed by atoms with Crippen molar-refractivity contribution < 1.29 is 4.79 Å². The van der Waals surface area contributed by atoms with Gasteiger partial charge in [0.25, 0.3) is 5.91 Å². The first-order valence-corrected chi connectivity index (χ1v) is 7.00. The van der Waals surface area contributed by atoms with Crippen molar-refractivity contribution in [3.05, 3.63) is 40.8 Å². The van der Waals surface area contributed by atoms with E-state index in [0.29, 0.717) is 17.9 Å². The summed E-state index contributed by atoms with van der Waals surface area (Å²) in [6.07, 6.45) is 2.52. The second-order valence-electron chi connectivity index (χ2n) is 5.06. The molecule has 2 heterocycles. The highest BCUT2D eigenvalue weighted by atomic mass is 16.1. The van der Waals surface area contributed by atoms with Crippen LogP contribution in [0.4, 0.5) is 5.82 Å². The first-order valence-electron chi connectivity index (χ1n) is 7.00. The number of primary amides is 1. The van der Waals surface area contributed by atoms with Crippen molar-refractivity contribution >= 4 is 11.7 Å². The highest BCUT2D eigenvalue weighted by Crippen LogP contribution is 2.12. The predicted octanol–water partition coefficient (Wildman–Crippen LogP) is 1.80. The number of pyridine rings is 1. The van der Waals surface area contributed by atoms with Gasteiger partial charge in [0.2, 0.25) is 0 Å². The number of hydrogen-bond acceptors (Lipinski definition) is 4. The third-order valence-electron chi connectivity index (χ3n) is 3.66. The molecule has 112 valence electrons. The van der Waals surface area contributed by atoms with Crippen molar-refractivity contribution in [2.45, 2.75) is 33.7 Å². The maximum Gasteiger partial charge on any atom is 0.252 e. The van der Waals surface area contributed by atoms with Gasteiger partial charge in [-0.1, -0.05) is 0 Å². The van der Waals surface area contributed by atoms with Gasteiger partial charge in [-0.2, -0.15) is 5.10 Å². The quantitative estimate of drug-likeness (QED) is 0.793. The Kier molecular flexibility index (Phi) is 4.57. The molecular weight excluding hydrogens is 266 g/mol. The summed E-state index contributed by atoms with van der Waals surface area (Å²) in [5, 5.41) is 7.65. The molecule has 0 fully saturated rings. The van der Waals surface area contributed by atoms with Gasteiger partial charge in [0.15, 0.2) is 0 Å². The van der Waals surface area contributed by atoms with Crippen molar-refractivity contribution in [1.82, 2.24) is 14.8 Å². The Morgan fingerprint density at radius 2 is 2.14 bits per heavy atom. The Bertz CT molecular complexity index is 648. The Morgan fingerprint density at radius 1 is 1.38 bits per heavy atom. The minimum Gasteiger partial charge on any atom is -0.369 e. The van der Waals surface area contributed by atoms with Gasteiger partial charge in [-0.15, -0.1) is 0 Å². The van der Waals surface area contributed by atoms with E-state index in [1.165, 1.54) is 11.3 Å². The first kappa shape index (κ1) is 15.0. The molecule has 0 spiro atoms. The van der Waals surface area contributed by atoms with E-state index in [4.69, 9.17) is 5.73 Å². The molecule has 2 aromatic heterocycles. The zero-order valence-electron chi connectivity index (χ0n) is 12.7. The zero-order chi connectivity index (χ0) is 15.4. The van der Waals surface area contributed by atoms with Gasteiger partial charge >= 0.3 is 0 Å². The number of amides is 1. The molecule has 0 aromatic carbocycles. The van der Waals surface area contributed by atoms with E-state index in [1.807, 2.05) is 11.6 Å². The molecule has 0 saturated heterocycles. The van der Waals surface area contributed by atoms with Crippen LogP contribution in [-0.2, 0) is 6.54 Å². The molecule has 0 atom stereocenters. The van der Waals surface area contributed by atoms with Gasteiger partial charge < -0.3 is 11.1 Å². The molecular formula is C15H21N5O. The number of carbonyl (C=O) groups excluding carboxylic acids is 1. The molecule has 0 bridgehead atoms. The number of aryl methyl sites for hydroxylation is 2. The fraction of sp³-hybridized carbons (Fsp3) is 0.400. The van der Waals surface area contributed by atoms with Crippen LogP contribution in [0.25, 0.3) is 0 Å². The number of carbonyl (C=O) groups is 1. The van der Waals surface area contributed by atoms with E-state index in [9.17, 15) is 4.79 Å². The smallest absolute Gasteiger partial charge is 0.252 e. The normalized spacial score (nSPS) is 10.6. The van der Waals surface area contributed by atoms with Crippen molar-refractivity contribution in [3.8, 4) is 0 Å². The van der Waals surface area contributed by atoms with Crippen LogP contribution in [-0.4, -0.2) is 27.2 Å². The van der Waals surface area contributed by atoms with Gasteiger partial charge in [-0.05, 0) is 44.9 Å². The second kappa shape index (κ2) is 6.39. The van der Waals surface area contributed by atoms with E-state index in [2.05, 4.69) is 29.2 Å². The number of nitrogens with zero attached hydrogens (tertiary/aromatic N) is 3. The van der Waals surface area contributed by atoms with Crippen molar-refractivity contribution in [2.24, 2.45) is 5.73 Å². The number of nitrogens with one attached hydrogen (secondary N) is 1. The van der Waals surface area contributed by atoms with Gasteiger partial charge in [-0.3, -0.25) is 9.48 Å². The number of aromatic nitrogens is 3. The highest BCUT2D eigenvalue weighted by Gasteiger charge is 2.09. The third-order valence-corrected chi connectivity index (χ3v) is 3.66. The number of rotatable bonds is 6. The van der Waals surface area contributed by atoms with Gasteiger partial charge in [0.05, 0.1) is 11.3 Å². The van der Waals surface area contributed by atoms with Crippen LogP contribution < -0.4 is 11.1 Å². The molecule has 21 heavy (non-hydrogen) atoms. The largest absolute Gasteiger partial charge is 0.369 e. The van der Waals surface area contributed by atoms with Crippen LogP contribution in [0.15, 0.2) is 18.3 Å². The second-order valence-corrected chi connectivity index (χ2v) is 5.06. The minimum atomic E-state index is -0.472. The van der Waals surface area contributed by atoms with E-state index in [0.717, 1.165) is 18.7 Å². The lowest BCUT2D eigenvalue weighted by Gasteiger charge is -2.09. The molecule has 6 nitrogen and oxygen atoms in total. The molecule has 6 heteroatoms. The summed E-state index contributed by atoms with van der Waals surface area (Å²) >= 11 is 0. The predicted molar refractivity (Wildman–Crippen MR) is 82.3 cm³/mol. The summed E-state index contributed by atoms with van der Waals surface area (Å²) in [7, 11) is 0. The average Bonchev–Trinajstić information content (AvgIpc) is 2.71. The molecule has 2 rings (SSSR count). The molecule has 1 amide bonds. The molecule has 0 aliphatic rings. The summed E-state index contributed by atoms with van der Waals surface area (Å²) in [4.78, 5) is 15.4. The molecule has 0 radical (unpaired) electrons. The maximum atomic E-state index is 11.3. The Morgan fingerprint density at radius 3 is 2.76 bits per heavy atom. The topological polar surface area (TPSA) is 85.8 Å². The van der Waals surface area contributed by atoms with E-state index in [-0.39, 0.29) is 0 Å². The van der Waals surface area contributed by atoms with Crippen LogP contribution >= 0.6 is 0 Å². The fourth-order valence-electron chi connectivity index (χ4n) is 2.18. The van der Waals surface area contributed by atoms with Crippen molar-refractivity contribution in [1.29, 1.82) is 0 Å². The van der Waals surface area contributed by atoms with Gasteiger partial charge in [0.1, 0.15) is 5.82 Å². The average molecular weight is 287 g/mol. The van der Waals surface area contributed by atoms with E-state index >= 15 is 0 Å². The molecule has 0 saturated carbocycles. The van der Waals surface area contributed by atoms with E-state index < -0.39 is 5.91 Å². The number of hydrogen-bond donors (Lipinski definition) is 2. The zero-order valence-corrected chi connectivity index (χ0v) is 12.7. The molecule has 3 N–H and O–H groups in total. The summed E-state index contributed by atoms with van der Waals surface area (Å²) in [6.45, 7) is 7.71. The minimum absolute atomic E-state index is 0.416. The monoisotopic (exact) mass is 287 g/mol. The standard InChI is InChI=1S/C15H21N5O/c1-10-11(2)19-20(12(10)3)9-5-8-18-15-13(14(16)21)6-4-7-17-15/h4,6-7H,5,8-9H2,1-3H3,(H2,16,21)(H,17,18). The van der Waals surface area contributed by atoms with Crippen LogP contribution in [0.3, 0.4) is 0 Å². The summed E-state index contributed by atoms with van der Waals surface area (Å²) < 4.78 is 2.01. The van der Waals surface area contributed by atoms with Gasteiger partial charge in [0, 0.05) is 25.0 Å². The lowest BCUT2D eigenvalue weighted by Crippen LogP contribution is -2.16. The van der Waals surface area contributed by atoms with Crippen LogP contribution in [0.2, 0.25) is 0 Å². The van der Waals surface area contributed by atoms with Crippen LogP contribution in [0, 0.1) is 20.8 Å². The SMILES string of the molecule is Cc1nn(CCCNc2ncccc2C(N)=O)c(C)c1C. The maximum absolute atomic E-state index is 11.3. The third kappa shape index (κ3) is 3.39. The van der Waals surface area contributed by atoms with E-state index in [1.54, 1.807) is 18.3 Å². The molecule has 0 aliphatic heterocycles. The summed E-state index contributed by atoms with van der Waals surface area (Å²) in [5.74, 6) is 0.0642. The fourth-order valence-corrected chi connectivity index (χ4v) is 2.18. The lowest BCUT2D eigenvalue weighted by atomic mass is 10.2.